The predicted octanol–water partition coefficient (Wildman–Crippen LogP) is 3.79. The van der Waals surface area contributed by atoms with Crippen molar-refractivity contribution in [3.8, 4) is 17.3 Å². The van der Waals surface area contributed by atoms with Gasteiger partial charge in [0.25, 0.3) is 11.9 Å². The Balaban J connectivity index is 1.21. The SMILES string of the molecule is C=C(C)OC(=O)N[C@H]1CCCCC/C=C\[C@@H]2C[C@@]2(C(=O)NS(=O)(=O)N(C)C)NC(=O)[C@@H]2C[C@@H](Oc3nc4c(-c5csc(N6CCN(C)CC6)n5)cccc4n3C(C)C)CN2C1=O. The summed E-state index contributed by atoms with van der Waals surface area (Å²) in [6.07, 6.45) is 5.40. The Hall–Kier alpha value is -5.05. The van der Waals surface area contributed by atoms with E-state index in [0.29, 0.717) is 24.4 Å². The molecular formula is C42H58N10O8S2. The minimum Gasteiger partial charge on any atom is -0.459 e. The summed E-state index contributed by atoms with van der Waals surface area (Å²) in [7, 11) is 0.521. The molecule has 3 N–H and O–H groups in total. The first-order valence-corrected chi connectivity index (χ1v) is 23.5. The van der Waals surface area contributed by atoms with E-state index in [2.05, 4.69) is 38.8 Å². The highest BCUT2D eigenvalue weighted by atomic mass is 32.2. The van der Waals surface area contributed by atoms with E-state index >= 15 is 0 Å². The number of aromatic nitrogens is 3. The van der Waals surface area contributed by atoms with Crippen LogP contribution in [0.5, 0.6) is 6.01 Å². The molecule has 0 unspecified atom stereocenters. The average Bonchev–Trinajstić information content (AvgIpc) is 3.56. The molecule has 62 heavy (non-hydrogen) atoms. The second-order valence-corrected chi connectivity index (χ2v) is 19.9. The highest BCUT2D eigenvalue weighted by Gasteiger charge is 2.62. The molecule has 20 heteroatoms. The highest BCUT2D eigenvalue weighted by Crippen LogP contribution is 2.46. The van der Waals surface area contributed by atoms with Gasteiger partial charge in [-0.1, -0.05) is 43.7 Å². The van der Waals surface area contributed by atoms with Gasteiger partial charge in [-0.3, -0.25) is 19.0 Å². The van der Waals surface area contributed by atoms with Crippen LogP contribution in [0.15, 0.2) is 48.1 Å². The summed E-state index contributed by atoms with van der Waals surface area (Å²) >= 11 is 1.60. The van der Waals surface area contributed by atoms with Gasteiger partial charge in [-0.05, 0) is 59.6 Å². The minimum atomic E-state index is -4.19. The number of benzene rings is 1. The molecule has 1 aromatic carbocycles. The molecule has 5 heterocycles. The number of rotatable bonds is 10. The monoisotopic (exact) mass is 894 g/mol. The van der Waals surface area contributed by atoms with Crippen LogP contribution in [0.25, 0.3) is 22.3 Å². The topological polar surface area (TPSA) is 201 Å². The van der Waals surface area contributed by atoms with Gasteiger partial charge in [0.15, 0.2) is 5.13 Å². The van der Waals surface area contributed by atoms with Crippen LogP contribution in [-0.4, -0.2) is 138 Å². The fourth-order valence-corrected chi connectivity index (χ4v) is 9.84. The Bertz CT molecular complexity index is 2340. The van der Waals surface area contributed by atoms with E-state index in [-0.39, 0.29) is 37.6 Å². The zero-order valence-corrected chi connectivity index (χ0v) is 37.9. The molecule has 3 fully saturated rings. The second kappa shape index (κ2) is 18.4. The second-order valence-electron chi connectivity index (χ2n) is 17.2. The lowest BCUT2D eigenvalue weighted by Crippen LogP contribution is -2.58. The van der Waals surface area contributed by atoms with Crippen molar-refractivity contribution < 1.29 is 37.1 Å². The van der Waals surface area contributed by atoms with E-state index in [1.165, 1.54) is 25.9 Å². The number of hydrogen-bond acceptors (Lipinski definition) is 13. The molecule has 336 valence electrons. The van der Waals surface area contributed by atoms with Crippen molar-refractivity contribution in [3.05, 3.63) is 48.1 Å². The van der Waals surface area contributed by atoms with Crippen molar-refractivity contribution in [1.29, 1.82) is 0 Å². The highest BCUT2D eigenvalue weighted by molar-refractivity contribution is 7.87. The minimum absolute atomic E-state index is 0.0172. The lowest BCUT2D eigenvalue weighted by Gasteiger charge is -2.32. The number of carbonyl (C=O) groups excluding carboxylic acids is 4. The van der Waals surface area contributed by atoms with Crippen LogP contribution in [0.4, 0.5) is 9.93 Å². The number of allylic oxidation sites excluding steroid dienone is 2. The van der Waals surface area contributed by atoms with Crippen molar-refractivity contribution in [2.24, 2.45) is 5.92 Å². The Kier molecular flexibility index (Phi) is 13.3. The molecule has 4 aliphatic rings. The van der Waals surface area contributed by atoms with Crippen LogP contribution in [0.2, 0.25) is 0 Å². The van der Waals surface area contributed by atoms with Gasteiger partial charge < -0.3 is 34.8 Å². The maximum absolute atomic E-state index is 14.6. The van der Waals surface area contributed by atoms with Crippen LogP contribution in [-0.2, 0) is 29.3 Å². The van der Waals surface area contributed by atoms with E-state index in [1.54, 1.807) is 11.3 Å². The van der Waals surface area contributed by atoms with Gasteiger partial charge in [0, 0.05) is 69.6 Å². The van der Waals surface area contributed by atoms with Crippen molar-refractivity contribution in [1.82, 2.24) is 44.0 Å². The van der Waals surface area contributed by atoms with Crippen LogP contribution in [0.1, 0.15) is 71.8 Å². The molecule has 18 nitrogen and oxygen atoms in total. The van der Waals surface area contributed by atoms with E-state index in [4.69, 9.17) is 19.4 Å². The molecule has 4 amide bonds. The lowest BCUT2D eigenvalue weighted by atomic mass is 10.1. The largest absolute Gasteiger partial charge is 0.459 e. The Morgan fingerprint density at radius 1 is 1.10 bits per heavy atom. The van der Waals surface area contributed by atoms with E-state index in [1.807, 2.05) is 54.1 Å². The first-order chi connectivity index (χ1) is 29.5. The Morgan fingerprint density at radius 2 is 1.85 bits per heavy atom. The number of hydrogen-bond donors (Lipinski definition) is 3. The maximum Gasteiger partial charge on any atom is 0.412 e. The fourth-order valence-electron chi connectivity index (χ4n) is 8.36. The van der Waals surface area contributed by atoms with E-state index < -0.39 is 63.7 Å². The number of carbonyl (C=O) groups is 4. The molecule has 1 saturated carbocycles. The summed E-state index contributed by atoms with van der Waals surface area (Å²) in [6, 6.07) is 3.93. The number of nitrogens with one attached hydrogen (secondary N) is 3. The molecule has 2 aromatic heterocycles. The van der Waals surface area contributed by atoms with Crippen molar-refractivity contribution in [3.63, 3.8) is 0 Å². The zero-order chi connectivity index (χ0) is 44.5. The normalized spacial score (nSPS) is 25.7. The molecule has 3 aliphatic heterocycles. The van der Waals surface area contributed by atoms with Crippen LogP contribution < -0.4 is 25.0 Å². The molecule has 1 aliphatic carbocycles. The van der Waals surface area contributed by atoms with Gasteiger partial charge in [-0.2, -0.15) is 17.7 Å². The summed E-state index contributed by atoms with van der Waals surface area (Å²) in [6.45, 7) is 12.9. The number of para-hydroxylation sites is 1. The number of fused-ring (bicyclic) bond motifs is 3. The molecule has 7 rings (SSSR count). The maximum atomic E-state index is 14.6. The number of amides is 4. The Morgan fingerprint density at radius 3 is 2.56 bits per heavy atom. The summed E-state index contributed by atoms with van der Waals surface area (Å²) in [5.74, 6) is -2.39. The van der Waals surface area contributed by atoms with Gasteiger partial charge in [-0.25, -0.2) is 14.5 Å². The van der Waals surface area contributed by atoms with Gasteiger partial charge >= 0.3 is 16.3 Å². The van der Waals surface area contributed by atoms with Crippen molar-refractivity contribution in [2.75, 3.05) is 58.8 Å². The third kappa shape index (κ3) is 9.62. The zero-order valence-electron chi connectivity index (χ0n) is 36.3. The Labute approximate surface area is 366 Å². The van der Waals surface area contributed by atoms with Gasteiger partial charge in [0.2, 0.25) is 11.8 Å². The molecule has 5 atom stereocenters. The number of nitrogens with zero attached hydrogens (tertiary/aromatic N) is 7. The van der Waals surface area contributed by atoms with E-state index in [9.17, 15) is 27.6 Å². The summed E-state index contributed by atoms with van der Waals surface area (Å²) in [4.78, 5) is 71.9. The van der Waals surface area contributed by atoms with Crippen molar-refractivity contribution >= 4 is 61.5 Å². The lowest BCUT2D eigenvalue weighted by molar-refractivity contribution is -0.141. The first kappa shape index (κ1) is 45.0. The van der Waals surface area contributed by atoms with Crippen LogP contribution in [0.3, 0.4) is 0 Å². The third-order valence-corrected chi connectivity index (χ3v) is 14.2. The number of thiazole rings is 1. The number of alkyl carbamates (subject to hydrolysis) is 1. The quantitative estimate of drug-likeness (QED) is 0.197. The van der Waals surface area contributed by atoms with Crippen LogP contribution in [0, 0.1) is 5.92 Å². The molecule has 0 bridgehead atoms. The molecule has 0 radical (unpaired) electrons. The molecule has 0 spiro atoms. The number of likely N-dealkylation sites (N-methyl/N-ethyl adjacent to an activating group) is 1. The number of anilines is 1. The van der Waals surface area contributed by atoms with Gasteiger partial charge in [0.05, 0.1) is 23.5 Å². The predicted molar refractivity (Wildman–Crippen MR) is 236 cm³/mol. The summed E-state index contributed by atoms with van der Waals surface area (Å²) in [5.41, 5.74) is 1.60. The summed E-state index contributed by atoms with van der Waals surface area (Å²) in [5, 5.41) is 8.56. The third-order valence-electron chi connectivity index (χ3n) is 11.9. The molecule has 3 aromatic rings. The molecule has 2 saturated heterocycles. The molecular weight excluding hydrogens is 837 g/mol. The number of imidazole rings is 1. The van der Waals surface area contributed by atoms with Crippen LogP contribution >= 0.6 is 11.3 Å². The van der Waals surface area contributed by atoms with Gasteiger partial charge in [-0.15, -0.1) is 11.3 Å². The first-order valence-electron chi connectivity index (χ1n) is 21.2. The number of piperazine rings is 1. The summed E-state index contributed by atoms with van der Waals surface area (Å²) < 4.78 is 42.5. The smallest absolute Gasteiger partial charge is 0.412 e. The standard InChI is InChI=1S/C42H58N10O8S2/c1-26(2)52-33-17-13-15-30(32-25-61-40(43-32)50-20-18-49(7)19-21-50)35(33)45-39(52)60-29-22-34-36(53)46-42(38(55)47-62(57,58)48(5)6)23-28(42)14-11-9-8-10-12-16-31(37(54)51(34)24-29)44-41(56)59-27(3)4/h11,13-15,17,25-26,28-29,31,34H,3,8-10,12,16,18-24H2,1-2,4-7H3,(H,44,56)(H,46,53)(H,47,55)/b14-11-/t28-,29-,31+,34+,42-/m1/s1. The average molecular weight is 895 g/mol. The van der Waals surface area contributed by atoms with Gasteiger partial charge in [0.1, 0.15) is 29.2 Å². The number of ether oxygens (including phenoxy) is 2. The van der Waals surface area contributed by atoms with E-state index in [0.717, 1.165) is 65.2 Å². The van der Waals surface area contributed by atoms with Crippen molar-refractivity contribution in [2.45, 2.75) is 95.5 Å². The fraction of sp³-hybridized carbons (Fsp3) is 0.571.